The minimum Gasteiger partial charge on any atom is -0.311 e. The average Bonchev–Trinajstić information content (AvgIpc) is 0.682. The monoisotopic (exact) mass is 1360 g/mol. The van der Waals surface area contributed by atoms with E-state index >= 15 is 0 Å². The molecule has 8 fully saturated rings. The van der Waals surface area contributed by atoms with E-state index in [1.807, 2.05) is 0 Å². The van der Waals surface area contributed by atoms with Crippen LogP contribution in [0.2, 0.25) is 0 Å². The van der Waals surface area contributed by atoms with Gasteiger partial charge in [-0.15, -0.1) is 0 Å². The van der Waals surface area contributed by atoms with E-state index < -0.39 is 0 Å². The van der Waals surface area contributed by atoms with Crippen LogP contribution >= 0.6 is 0 Å². The van der Waals surface area contributed by atoms with Crippen LogP contribution in [-0.4, -0.2) is 13.4 Å². The molecular formula is C98H82B2N6. The maximum absolute atomic E-state index is 2.87. The van der Waals surface area contributed by atoms with Crippen molar-refractivity contribution in [3.8, 4) is 0 Å². The van der Waals surface area contributed by atoms with Crippen molar-refractivity contribution in [3.05, 3.63) is 327 Å². The number of fused-ring (bicyclic) bond motifs is 8. The average molecular weight is 1370 g/mol. The number of rotatable bonds is 12. The Hall–Kier alpha value is -11.2. The molecule has 0 aromatic heterocycles. The molecule has 0 atom stereocenters. The zero-order chi connectivity index (χ0) is 69.3. The fourth-order valence-electron chi connectivity index (χ4n) is 24.2. The summed E-state index contributed by atoms with van der Waals surface area (Å²) in [5.41, 5.74) is 32.5. The summed E-state index contributed by atoms with van der Waals surface area (Å²) in [4.78, 5) is 15.9. The summed E-state index contributed by atoms with van der Waals surface area (Å²) in [7, 11) is 0. The van der Waals surface area contributed by atoms with Gasteiger partial charge in [-0.1, -0.05) is 188 Å². The molecule has 0 spiro atoms. The Morgan fingerprint density at radius 3 is 0.868 bits per heavy atom. The smallest absolute Gasteiger partial charge is 0.252 e. The zero-order valence-corrected chi connectivity index (χ0v) is 59.8. The Kier molecular flexibility index (Phi) is 13.6. The molecule has 0 unspecified atom stereocenters. The van der Waals surface area contributed by atoms with Crippen LogP contribution in [0.1, 0.15) is 88.2 Å². The van der Waals surface area contributed by atoms with Crippen LogP contribution in [0.3, 0.4) is 0 Å². The lowest BCUT2D eigenvalue weighted by molar-refractivity contribution is -0.00512. The van der Waals surface area contributed by atoms with Crippen molar-refractivity contribution in [2.45, 2.75) is 87.9 Å². The molecule has 510 valence electrons. The summed E-state index contributed by atoms with van der Waals surface area (Å²) >= 11 is 0. The molecule has 8 heteroatoms. The minimum absolute atomic E-state index is 0.126. The van der Waals surface area contributed by atoms with Crippen LogP contribution in [0.15, 0.2) is 315 Å². The van der Waals surface area contributed by atoms with Gasteiger partial charge in [-0.3, -0.25) is 0 Å². The number of hydrogen-bond donors (Lipinski definition) is 0. The third-order valence-corrected chi connectivity index (χ3v) is 27.2. The van der Waals surface area contributed by atoms with Gasteiger partial charge in [0, 0.05) is 91.0 Å². The molecule has 8 aliphatic carbocycles. The molecule has 25 rings (SSSR count). The summed E-state index contributed by atoms with van der Waals surface area (Å²) in [6.45, 7) is -0.303. The molecule has 8 saturated carbocycles. The highest BCUT2D eigenvalue weighted by Crippen LogP contribution is 2.66. The first-order chi connectivity index (χ1) is 52.4. The summed E-state index contributed by atoms with van der Waals surface area (Å²) in [5, 5.41) is 0. The van der Waals surface area contributed by atoms with Gasteiger partial charge in [0.05, 0.1) is 11.4 Å². The molecule has 4 heterocycles. The summed E-state index contributed by atoms with van der Waals surface area (Å²) in [5.74, 6) is 4.79. The lowest BCUT2D eigenvalue weighted by Gasteiger charge is -2.58. The Bertz CT molecular complexity index is 5440. The lowest BCUT2D eigenvalue weighted by atomic mass is 9.30. The quantitative estimate of drug-likeness (QED) is 0.113. The van der Waals surface area contributed by atoms with Gasteiger partial charge in [-0.2, -0.15) is 0 Å². The third-order valence-electron chi connectivity index (χ3n) is 27.2. The SMILES string of the molecule is c1ccc(N(c2ccccc2)c2cc3c4c(c2)N(c2ccccc2)c2cc5c(cc2B4c2ccccc2N3c2ccccc2)B2c3ccccc3N(c3ccccc3)c3cc(N(c4ccccc4C46CC7CC(CC(C7)C4)C6)c4ccccc4C46CC7CC(CC(C7)C4)C6)cc(c32)N5c2ccccc2)cc1. The van der Waals surface area contributed by atoms with E-state index in [2.05, 4.69) is 345 Å². The fraction of sp³-hybridized carbons (Fsp3) is 0.204. The first kappa shape index (κ1) is 61.1. The summed E-state index contributed by atoms with van der Waals surface area (Å²) in [6, 6.07) is 121. The second-order valence-electron chi connectivity index (χ2n) is 33.2. The Morgan fingerprint density at radius 1 is 0.236 bits per heavy atom. The maximum atomic E-state index is 2.87. The second-order valence-corrected chi connectivity index (χ2v) is 33.2. The number of para-hydroxylation sites is 10. The highest BCUT2D eigenvalue weighted by atomic mass is 15.2. The Labute approximate surface area is 624 Å². The predicted octanol–water partition coefficient (Wildman–Crippen LogP) is 21.7. The van der Waals surface area contributed by atoms with E-state index in [4.69, 9.17) is 0 Å². The topological polar surface area (TPSA) is 19.4 Å². The number of benzene rings is 13. The van der Waals surface area contributed by atoms with Gasteiger partial charge in [0.25, 0.3) is 13.4 Å². The highest BCUT2D eigenvalue weighted by Gasteiger charge is 2.56. The van der Waals surface area contributed by atoms with Crippen LogP contribution in [0.4, 0.5) is 102 Å². The molecule has 6 nitrogen and oxygen atoms in total. The normalized spacial score (nSPS) is 23.2. The van der Waals surface area contributed by atoms with Crippen LogP contribution in [0.5, 0.6) is 0 Å². The van der Waals surface area contributed by atoms with Crippen LogP contribution < -0.4 is 62.2 Å². The van der Waals surface area contributed by atoms with Crippen molar-refractivity contribution in [3.63, 3.8) is 0 Å². The lowest BCUT2D eigenvalue weighted by Crippen LogP contribution is -2.65. The molecule has 12 aliphatic rings. The predicted molar refractivity (Wildman–Crippen MR) is 444 cm³/mol. The van der Waals surface area contributed by atoms with Crippen molar-refractivity contribution in [2.75, 3.05) is 29.4 Å². The van der Waals surface area contributed by atoms with Crippen LogP contribution in [-0.2, 0) is 10.8 Å². The standard InChI is InChI=1S/C98H82B2N6/c1-7-27-71(28-8-1)101(72-29-9-2-10-30-72)77-53-91-95-93(54-77)104(75-35-15-5-16-36-75)89-58-90-84(57-83(89)99(95)81-41-21-25-45-87(81)102(91)73-31-11-3-12-32-73)100-82-42-22-26-46-88(82)103(74-33-13-4-14-34-74)92-55-78(56-94(96(92)100)105(90)76-37-17-6-18-38-76)106(85-43-23-19-39-79(85)97-59-65-47-66(60-97)49-67(48-65)61-97)86-44-24-20-40-80(86)98-62-68-50-69(63-98)52-70(51-68)64-98/h1-46,53-58,65-70H,47-52,59-64H2. The van der Waals surface area contributed by atoms with Crippen molar-refractivity contribution in [1.29, 1.82) is 0 Å². The molecule has 0 amide bonds. The van der Waals surface area contributed by atoms with E-state index in [1.165, 1.54) is 161 Å². The fourth-order valence-corrected chi connectivity index (χ4v) is 24.2. The van der Waals surface area contributed by atoms with E-state index in [0.29, 0.717) is 0 Å². The molecule has 0 saturated heterocycles. The molecular weight excluding hydrogens is 1280 g/mol. The van der Waals surface area contributed by atoms with Crippen molar-refractivity contribution < 1.29 is 0 Å². The van der Waals surface area contributed by atoms with Gasteiger partial charge >= 0.3 is 0 Å². The largest absolute Gasteiger partial charge is 0.311 e. The molecule has 106 heavy (non-hydrogen) atoms. The first-order valence-corrected chi connectivity index (χ1v) is 39.5. The van der Waals surface area contributed by atoms with Gasteiger partial charge in [-0.05, 0) is 295 Å². The van der Waals surface area contributed by atoms with E-state index in [-0.39, 0.29) is 24.3 Å². The Balaban J connectivity index is 0.819. The minimum atomic E-state index is -0.152. The second kappa shape index (κ2) is 23.6. The van der Waals surface area contributed by atoms with Crippen molar-refractivity contribution in [1.82, 2.24) is 0 Å². The number of hydrogen-bond acceptors (Lipinski definition) is 6. The molecule has 4 aliphatic heterocycles. The van der Waals surface area contributed by atoms with Gasteiger partial charge < -0.3 is 29.4 Å². The van der Waals surface area contributed by atoms with E-state index in [9.17, 15) is 0 Å². The third kappa shape index (κ3) is 9.25. The van der Waals surface area contributed by atoms with Crippen molar-refractivity contribution >= 4 is 149 Å². The van der Waals surface area contributed by atoms with Crippen LogP contribution in [0, 0.1) is 35.5 Å². The zero-order valence-electron chi connectivity index (χ0n) is 59.8. The first-order valence-electron chi connectivity index (χ1n) is 39.5. The van der Waals surface area contributed by atoms with E-state index in [0.717, 1.165) is 86.7 Å². The molecule has 13 aromatic carbocycles. The van der Waals surface area contributed by atoms with E-state index in [1.54, 1.807) is 11.1 Å². The molecule has 8 bridgehead atoms. The summed E-state index contributed by atoms with van der Waals surface area (Å²) < 4.78 is 0. The molecule has 0 radical (unpaired) electrons. The van der Waals surface area contributed by atoms with Crippen LogP contribution in [0.25, 0.3) is 0 Å². The molecule has 0 N–H and O–H groups in total. The van der Waals surface area contributed by atoms with Crippen molar-refractivity contribution in [2.24, 2.45) is 35.5 Å². The number of nitrogens with zero attached hydrogens (tertiary/aromatic N) is 6. The van der Waals surface area contributed by atoms with Gasteiger partial charge in [-0.25, -0.2) is 0 Å². The molecule has 13 aromatic rings. The summed E-state index contributed by atoms with van der Waals surface area (Å²) in [6.07, 6.45) is 16.2. The van der Waals surface area contributed by atoms with Gasteiger partial charge in [0.15, 0.2) is 0 Å². The maximum Gasteiger partial charge on any atom is 0.252 e. The number of anilines is 18. The van der Waals surface area contributed by atoms with Gasteiger partial charge in [0.1, 0.15) is 0 Å². The van der Waals surface area contributed by atoms with Gasteiger partial charge in [0.2, 0.25) is 0 Å². The Morgan fingerprint density at radius 2 is 0.519 bits per heavy atom. The highest BCUT2D eigenvalue weighted by molar-refractivity contribution is 7.03.